The Hall–Kier alpha value is -3.21. The number of nitrogens with zero attached hydrogens (tertiary/aromatic N) is 1. The lowest BCUT2D eigenvalue weighted by atomic mass is 9.74. The predicted octanol–water partition coefficient (Wildman–Crippen LogP) is 4.00. The van der Waals surface area contributed by atoms with E-state index in [-0.39, 0.29) is 17.6 Å². The summed E-state index contributed by atoms with van der Waals surface area (Å²) < 4.78 is 0. The summed E-state index contributed by atoms with van der Waals surface area (Å²) in [7, 11) is 0. The smallest absolute Gasteiger partial charge is 0.255 e. The van der Waals surface area contributed by atoms with Gasteiger partial charge >= 0.3 is 0 Å². The van der Waals surface area contributed by atoms with E-state index in [4.69, 9.17) is 0 Å². The van der Waals surface area contributed by atoms with Gasteiger partial charge in [0, 0.05) is 41.1 Å². The molecule has 4 rings (SSSR count). The van der Waals surface area contributed by atoms with Crippen molar-refractivity contribution in [3.8, 4) is 0 Å². The summed E-state index contributed by atoms with van der Waals surface area (Å²) in [5.74, 6) is 0.0135. The average molecular weight is 373 g/mol. The van der Waals surface area contributed by atoms with Gasteiger partial charge in [-0.05, 0) is 49.9 Å². The quantitative estimate of drug-likeness (QED) is 0.853. The van der Waals surface area contributed by atoms with Gasteiger partial charge in [0.15, 0.2) is 5.78 Å². The fourth-order valence-corrected chi connectivity index (χ4v) is 4.13. The van der Waals surface area contributed by atoms with Crippen LogP contribution in [-0.2, 0) is 9.59 Å². The molecule has 2 heterocycles. The molecule has 0 radical (unpaired) electrons. The van der Waals surface area contributed by atoms with Gasteiger partial charge in [0.1, 0.15) is 5.82 Å². The van der Waals surface area contributed by atoms with Crippen molar-refractivity contribution in [2.24, 2.45) is 0 Å². The van der Waals surface area contributed by atoms with Gasteiger partial charge in [0.05, 0.1) is 0 Å². The summed E-state index contributed by atoms with van der Waals surface area (Å²) in [5.41, 5.74) is 5.12. The van der Waals surface area contributed by atoms with Crippen LogP contribution < -0.4 is 10.6 Å². The van der Waals surface area contributed by atoms with E-state index in [2.05, 4.69) is 15.6 Å². The molecule has 0 saturated carbocycles. The first-order chi connectivity index (χ1) is 13.6. The van der Waals surface area contributed by atoms with Crippen LogP contribution in [0.25, 0.3) is 0 Å². The minimum Gasteiger partial charge on any atom is -0.362 e. The summed E-state index contributed by atoms with van der Waals surface area (Å²) in [5, 5.41) is 6.23. The number of pyridine rings is 1. The van der Waals surface area contributed by atoms with Crippen LogP contribution in [0, 0.1) is 6.92 Å². The molecule has 0 bridgehead atoms. The van der Waals surface area contributed by atoms with Crippen molar-refractivity contribution in [3.63, 3.8) is 0 Å². The largest absolute Gasteiger partial charge is 0.362 e. The third-order valence-corrected chi connectivity index (χ3v) is 5.43. The minimum absolute atomic E-state index is 0.123. The maximum atomic E-state index is 13.3. The highest BCUT2D eigenvalue weighted by atomic mass is 16.2. The number of Topliss-reactive ketones (excluding diaryl/α,β-unsaturated/α-hetero) is 1. The topological polar surface area (TPSA) is 71.1 Å². The van der Waals surface area contributed by atoms with Gasteiger partial charge < -0.3 is 10.6 Å². The Bertz CT molecular complexity index is 1010. The Morgan fingerprint density at radius 1 is 1.11 bits per heavy atom. The maximum Gasteiger partial charge on any atom is 0.255 e. The van der Waals surface area contributed by atoms with Crippen molar-refractivity contribution < 1.29 is 9.59 Å². The molecule has 2 aliphatic rings. The number of hydrogen-bond acceptors (Lipinski definition) is 4. The Morgan fingerprint density at radius 3 is 2.64 bits per heavy atom. The number of carbonyl (C=O) groups excluding carboxylic acids is 2. The average Bonchev–Trinajstić information content (AvgIpc) is 2.68. The minimum atomic E-state index is -0.367. The molecule has 1 amide bonds. The number of amides is 1. The van der Waals surface area contributed by atoms with Crippen molar-refractivity contribution in [2.45, 2.75) is 39.0 Å². The lowest BCUT2D eigenvalue weighted by molar-refractivity contribution is -0.116. The maximum absolute atomic E-state index is 13.3. The van der Waals surface area contributed by atoms with E-state index in [1.807, 2.05) is 44.2 Å². The molecule has 1 aliphatic carbocycles. The van der Waals surface area contributed by atoms with Crippen LogP contribution in [0.2, 0.25) is 0 Å². The molecule has 5 heteroatoms. The predicted molar refractivity (Wildman–Crippen MR) is 109 cm³/mol. The molecule has 1 unspecified atom stereocenters. The molecule has 0 fully saturated rings. The zero-order chi connectivity index (χ0) is 19.7. The van der Waals surface area contributed by atoms with Crippen LogP contribution >= 0.6 is 0 Å². The van der Waals surface area contributed by atoms with Gasteiger partial charge in [-0.3, -0.25) is 9.59 Å². The van der Waals surface area contributed by atoms with Crippen molar-refractivity contribution in [1.29, 1.82) is 0 Å². The summed E-state index contributed by atoms with van der Waals surface area (Å²) >= 11 is 0. The molecule has 1 aromatic heterocycles. The van der Waals surface area contributed by atoms with Gasteiger partial charge in [-0.25, -0.2) is 4.98 Å². The van der Waals surface area contributed by atoms with Gasteiger partial charge in [-0.15, -0.1) is 0 Å². The fraction of sp³-hybridized carbons (Fsp3) is 0.261. The molecule has 5 nitrogen and oxygen atoms in total. The SMILES string of the molecule is CC1=C(C(=O)Nc2ccccn2)C(c2ccccc2C)C2=C(CCCC2=O)N1. The van der Waals surface area contributed by atoms with Crippen molar-refractivity contribution in [1.82, 2.24) is 10.3 Å². The van der Waals surface area contributed by atoms with Gasteiger partial charge in [-0.1, -0.05) is 30.3 Å². The van der Waals surface area contributed by atoms with Crippen LogP contribution in [-0.4, -0.2) is 16.7 Å². The third kappa shape index (κ3) is 3.24. The lowest BCUT2D eigenvalue weighted by Gasteiger charge is -2.35. The number of aromatic nitrogens is 1. The number of allylic oxidation sites excluding steroid dienone is 3. The first-order valence-electron chi connectivity index (χ1n) is 9.58. The second kappa shape index (κ2) is 7.43. The number of rotatable bonds is 3. The number of dihydropyridines is 1. The Kier molecular flexibility index (Phi) is 4.82. The highest BCUT2D eigenvalue weighted by Crippen LogP contribution is 2.43. The molecular weight excluding hydrogens is 350 g/mol. The lowest BCUT2D eigenvalue weighted by Crippen LogP contribution is -2.35. The molecular formula is C23H23N3O2. The molecule has 142 valence electrons. The number of anilines is 1. The van der Waals surface area contributed by atoms with Crippen molar-refractivity contribution in [3.05, 3.63) is 82.3 Å². The van der Waals surface area contributed by atoms with E-state index in [0.29, 0.717) is 17.8 Å². The first kappa shape index (κ1) is 18.2. The molecule has 0 saturated heterocycles. The van der Waals surface area contributed by atoms with Crippen LogP contribution in [0.4, 0.5) is 5.82 Å². The highest BCUT2D eigenvalue weighted by Gasteiger charge is 2.38. The highest BCUT2D eigenvalue weighted by molar-refractivity contribution is 6.09. The zero-order valence-electron chi connectivity index (χ0n) is 16.1. The number of aryl methyl sites for hydroxylation is 1. The number of hydrogen-bond donors (Lipinski definition) is 2. The molecule has 1 atom stereocenters. The zero-order valence-corrected chi connectivity index (χ0v) is 16.1. The van der Waals surface area contributed by atoms with Crippen LogP contribution in [0.5, 0.6) is 0 Å². The van der Waals surface area contributed by atoms with E-state index in [1.165, 1.54) is 0 Å². The standard InChI is InChI=1S/C23H23N3O2/c1-14-8-3-4-9-16(14)21-20(23(28)26-19-12-5-6-13-24-19)15(2)25-17-10-7-11-18(27)22(17)21/h3-6,8-9,12-13,21,25H,7,10-11H2,1-2H3,(H,24,26,28). The Morgan fingerprint density at radius 2 is 1.89 bits per heavy atom. The summed E-state index contributed by atoms with van der Waals surface area (Å²) in [6.07, 6.45) is 3.83. The molecule has 1 aliphatic heterocycles. The fourth-order valence-electron chi connectivity index (χ4n) is 4.13. The monoisotopic (exact) mass is 373 g/mol. The summed E-state index contributed by atoms with van der Waals surface area (Å²) in [4.78, 5) is 30.4. The van der Waals surface area contributed by atoms with Crippen molar-refractivity contribution in [2.75, 3.05) is 5.32 Å². The number of carbonyl (C=O) groups is 2. The summed E-state index contributed by atoms with van der Waals surface area (Å²) in [6.45, 7) is 3.93. The van der Waals surface area contributed by atoms with E-state index < -0.39 is 0 Å². The number of ketones is 1. The third-order valence-electron chi connectivity index (χ3n) is 5.43. The normalized spacial score (nSPS) is 19.2. The molecule has 2 aromatic rings. The molecule has 0 spiro atoms. The van der Waals surface area contributed by atoms with Gasteiger partial charge in [0.2, 0.25) is 0 Å². The van der Waals surface area contributed by atoms with Gasteiger partial charge in [0.25, 0.3) is 5.91 Å². The van der Waals surface area contributed by atoms with Crippen molar-refractivity contribution >= 4 is 17.5 Å². The Balaban J connectivity index is 1.82. The van der Waals surface area contributed by atoms with Crippen LogP contribution in [0.3, 0.4) is 0 Å². The van der Waals surface area contributed by atoms with Crippen LogP contribution in [0.1, 0.15) is 43.2 Å². The Labute approximate surface area is 164 Å². The van der Waals surface area contributed by atoms with E-state index in [1.54, 1.807) is 18.3 Å². The van der Waals surface area contributed by atoms with E-state index >= 15 is 0 Å². The second-order valence-electron chi connectivity index (χ2n) is 7.29. The number of benzene rings is 1. The van der Waals surface area contributed by atoms with E-state index in [0.717, 1.165) is 40.9 Å². The molecule has 28 heavy (non-hydrogen) atoms. The van der Waals surface area contributed by atoms with Gasteiger partial charge in [-0.2, -0.15) is 0 Å². The van der Waals surface area contributed by atoms with E-state index in [9.17, 15) is 9.59 Å². The summed E-state index contributed by atoms with van der Waals surface area (Å²) in [6, 6.07) is 13.4. The first-order valence-corrected chi connectivity index (χ1v) is 9.58. The number of nitrogens with one attached hydrogen (secondary N) is 2. The second-order valence-corrected chi connectivity index (χ2v) is 7.29. The molecule has 1 aromatic carbocycles. The van der Waals surface area contributed by atoms with Crippen LogP contribution in [0.15, 0.2) is 71.2 Å². The molecule has 2 N–H and O–H groups in total.